The Bertz CT molecular complexity index is 394. The number of likely N-dealkylation sites (tertiary alicyclic amines) is 1. The first-order valence-corrected chi connectivity index (χ1v) is 6.57. The maximum Gasteiger partial charge on any atom is 0.0544 e. The van der Waals surface area contributed by atoms with Crippen LogP contribution in [0.25, 0.3) is 0 Å². The molecule has 3 rings (SSSR count). The van der Waals surface area contributed by atoms with E-state index in [0.717, 1.165) is 13.1 Å². The molecule has 92 valence electrons. The van der Waals surface area contributed by atoms with Crippen LogP contribution in [0.1, 0.15) is 30.5 Å². The number of aromatic nitrogens is 1. The van der Waals surface area contributed by atoms with Crippen molar-refractivity contribution >= 4 is 0 Å². The Kier molecular flexibility index (Phi) is 2.68. The van der Waals surface area contributed by atoms with Gasteiger partial charge in [0.15, 0.2) is 0 Å². The molecule has 2 fully saturated rings. The van der Waals surface area contributed by atoms with Crippen molar-refractivity contribution in [1.29, 1.82) is 0 Å². The Hall–Kier alpha value is -0.930. The molecule has 0 amide bonds. The minimum Gasteiger partial charge on any atom is -0.326 e. The number of hydrogen-bond acceptors (Lipinski definition) is 3. The maximum atomic E-state index is 6.28. The van der Waals surface area contributed by atoms with Gasteiger partial charge in [0.25, 0.3) is 0 Å². The molecule has 3 heteroatoms. The third-order valence-corrected chi connectivity index (χ3v) is 4.49. The minimum absolute atomic E-state index is 0.377. The van der Waals surface area contributed by atoms with Gasteiger partial charge in [0, 0.05) is 31.9 Å². The fourth-order valence-corrected chi connectivity index (χ4v) is 3.20. The van der Waals surface area contributed by atoms with Gasteiger partial charge in [-0.1, -0.05) is 12.5 Å². The molecular weight excluding hydrogens is 210 g/mol. The van der Waals surface area contributed by atoms with E-state index in [0.29, 0.717) is 11.5 Å². The molecule has 1 aliphatic heterocycles. The van der Waals surface area contributed by atoms with Gasteiger partial charge in [-0.15, -0.1) is 0 Å². The molecule has 3 nitrogen and oxygen atoms in total. The first kappa shape index (κ1) is 11.2. The van der Waals surface area contributed by atoms with Crippen LogP contribution in [0.5, 0.6) is 0 Å². The predicted molar refractivity (Wildman–Crippen MR) is 68.5 cm³/mol. The molecule has 1 saturated heterocycles. The zero-order valence-electron chi connectivity index (χ0n) is 10.5. The van der Waals surface area contributed by atoms with E-state index in [1.165, 1.54) is 37.1 Å². The highest BCUT2D eigenvalue weighted by molar-refractivity contribution is 5.13. The molecule has 0 radical (unpaired) electrons. The summed E-state index contributed by atoms with van der Waals surface area (Å²) in [6, 6.07) is 4.64. The van der Waals surface area contributed by atoms with Gasteiger partial charge in [-0.3, -0.25) is 9.88 Å². The first-order valence-electron chi connectivity index (χ1n) is 6.57. The summed E-state index contributed by atoms with van der Waals surface area (Å²) in [5.41, 5.74) is 9.12. The first-order chi connectivity index (χ1) is 8.18. The monoisotopic (exact) mass is 231 g/mol. The lowest BCUT2D eigenvalue weighted by atomic mass is 9.66. The van der Waals surface area contributed by atoms with Gasteiger partial charge >= 0.3 is 0 Å². The highest BCUT2D eigenvalue weighted by Gasteiger charge is 2.48. The summed E-state index contributed by atoms with van der Waals surface area (Å²) in [5.74, 6) is 0. The molecule has 1 spiro atoms. The molecule has 1 unspecified atom stereocenters. The van der Waals surface area contributed by atoms with Gasteiger partial charge < -0.3 is 5.73 Å². The molecule has 1 aromatic heterocycles. The SMILES string of the molecule is Cc1ccc(CN2CC(N)C3(CCC3)C2)nc1. The molecule has 1 saturated carbocycles. The Labute approximate surface area is 103 Å². The topological polar surface area (TPSA) is 42.1 Å². The Balaban J connectivity index is 1.65. The van der Waals surface area contributed by atoms with Gasteiger partial charge in [-0.05, 0) is 36.8 Å². The average Bonchev–Trinajstić information content (AvgIpc) is 2.58. The maximum absolute atomic E-state index is 6.28. The van der Waals surface area contributed by atoms with Crippen LogP contribution < -0.4 is 5.73 Å². The molecule has 1 atom stereocenters. The van der Waals surface area contributed by atoms with Crippen LogP contribution in [-0.4, -0.2) is 29.0 Å². The quantitative estimate of drug-likeness (QED) is 0.842. The fraction of sp³-hybridized carbons (Fsp3) is 0.643. The molecule has 2 heterocycles. The summed E-state index contributed by atoms with van der Waals surface area (Å²) in [4.78, 5) is 6.95. The van der Waals surface area contributed by atoms with Gasteiger partial charge in [0.2, 0.25) is 0 Å². The van der Waals surface area contributed by atoms with Crippen LogP contribution in [0.3, 0.4) is 0 Å². The highest BCUT2D eigenvalue weighted by Crippen LogP contribution is 2.47. The zero-order chi connectivity index (χ0) is 11.9. The van der Waals surface area contributed by atoms with Crippen LogP contribution >= 0.6 is 0 Å². The van der Waals surface area contributed by atoms with Crippen molar-refractivity contribution in [3.63, 3.8) is 0 Å². The second kappa shape index (κ2) is 4.07. The third kappa shape index (κ3) is 1.98. The Morgan fingerprint density at radius 1 is 1.47 bits per heavy atom. The number of nitrogens with zero attached hydrogens (tertiary/aromatic N) is 2. The van der Waals surface area contributed by atoms with Gasteiger partial charge in [-0.2, -0.15) is 0 Å². The molecule has 1 aromatic rings. The van der Waals surface area contributed by atoms with E-state index in [1.807, 2.05) is 6.20 Å². The van der Waals surface area contributed by atoms with E-state index in [4.69, 9.17) is 5.73 Å². The lowest BCUT2D eigenvalue weighted by molar-refractivity contribution is 0.121. The molecule has 2 aliphatic rings. The summed E-state index contributed by atoms with van der Waals surface area (Å²) in [5, 5.41) is 0. The predicted octanol–water partition coefficient (Wildman–Crippen LogP) is 1.70. The summed E-state index contributed by atoms with van der Waals surface area (Å²) >= 11 is 0. The summed E-state index contributed by atoms with van der Waals surface area (Å²) in [7, 11) is 0. The van der Waals surface area contributed by atoms with Crippen molar-refractivity contribution in [3.05, 3.63) is 29.6 Å². The lowest BCUT2D eigenvalue weighted by Gasteiger charge is -2.41. The third-order valence-electron chi connectivity index (χ3n) is 4.49. The summed E-state index contributed by atoms with van der Waals surface area (Å²) < 4.78 is 0. The second-order valence-electron chi connectivity index (χ2n) is 5.82. The smallest absolute Gasteiger partial charge is 0.0544 e. The Morgan fingerprint density at radius 2 is 2.29 bits per heavy atom. The largest absolute Gasteiger partial charge is 0.326 e. The van der Waals surface area contributed by atoms with Gasteiger partial charge in [0.1, 0.15) is 0 Å². The second-order valence-corrected chi connectivity index (χ2v) is 5.82. The minimum atomic E-state index is 0.377. The van der Waals surface area contributed by atoms with Crippen LogP contribution in [-0.2, 0) is 6.54 Å². The molecular formula is C14H21N3. The Morgan fingerprint density at radius 3 is 2.82 bits per heavy atom. The summed E-state index contributed by atoms with van der Waals surface area (Å²) in [6.07, 6.45) is 5.97. The van der Waals surface area contributed by atoms with Crippen molar-refractivity contribution in [1.82, 2.24) is 9.88 Å². The summed E-state index contributed by atoms with van der Waals surface area (Å²) in [6.45, 7) is 5.24. The average molecular weight is 231 g/mol. The molecule has 2 N–H and O–H groups in total. The molecule has 1 aliphatic carbocycles. The molecule has 17 heavy (non-hydrogen) atoms. The molecule has 0 aromatic carbocycles. The molecule has 0 bridgehead atoms. The van der Waals surface area contributed by atoms with Crippen LogP contribution in [0.2, 0.25) is 0 Å². The van der Waals surface area contributed by atoms with E-state index >= 15 is 0 Å². The van der Waals surface area contributed by atoms with Crippen LogP contribution in [0, 0.1) is 12.3 Å². The number of rotatable bonds is 2. The number of nitrogens with two attached hydrogens (primary N) is 1. The van der Waals surface area contributed by atoms with Crippen molar-refractivity contribution in [2.45, 2.75) is 38.8 Å². The van der Waals surface area contributed by atoms with E-state index in [-0.39, 0.29) is 0 Å². The van der Waals surface area contributed by atoms with Crippen LogP contribution in [0.4, 0.5) is 0 Å². The normalized spacial score (nSPS) is 27.3. The fourth-order valence-electron chi connectivity index (χ4n) is 3.20. The van der Waals surface area contributed by atoms with Crippen LogP contribution in [0.15, 0.2) is 18.3 Å². The highest BCUT2D eigenvalue weighted by atomic mass is 15.2. The lowest BCUT2D eigenvalue weighted by Crippen LogP contribution is -2.45. The number of pyridine rings is 1. The van der Waals surface area contributed by atoms with Gasteiger partial charge in [-0.25, -0.2) is 0 Å². The van der Waals surface area contributed by atoms with E-state index in [2.05, 4.69) is 28.9 Å². The van der Waals surface area contributed by atoms with Crippen molar-refractivity contribution in [3.8, 4) is 0 Å². The van der Waals surface area contributed by atoms with E-state index in [9.17, 15) is 0 Å². The van der Waals surface area contributed by atoms with E-state index < -0.39 is 0 Å². The number of hydrogen-bond donors (Lipinski definition) is 1. The van der Waals surface area contributed by atoms with Gasteiger partial charge in [0.05, 0.1) is 5.69 Å². The van der Waals surface area contributed by atoms with Crippen molar-refractivity contribution in [2.24, 2.45) is 11.1 Å². The standard InChI is InChI=1S/C14H21N3/c1-11-3-4-12(16-7-11)8-17-9-13(15)14(10-17)5-2-6-14/h3-4,7,13H,2,5-6,8-10,15H2,1H3. The van der Waals surface area contributed by atoms with E-state index in [1.54, 1.807) is 0 Å². The zero-order valence-corrected chi connectivity index (χ0v) is 10.5. The number of aryl methyl sites for hydroxylation is 1. The van der Waals surface area contributed by atoms with Crippen molar-refractivity contribution in [2.75, 3.05) is 13.1 Å². The van der Waals surface area contributed by atoms with Crippen molar-refractivity contribution < 1.29 is 0 Å².